The number of fused-ring (bicyclic) bond motifs is 1. The maximum absolute atomic E-state index is 12.6. The lowest BCUT2D eigenvalue weighted by Gasteiger charge is -2.29. The van der Waals surface area contributed by atoms with Crippen molar-refractivity contribution in [2.75, 3.05) is 13.1 Å². The molecule has 1 aliphatic heterocycles. The number of aliphatic hydroxyl groups excluding tert-OH is 1. The molecular formula is C28H43N3O3. The first-order chi connectivity index (χ1) is 15.8. The Morgan fingerprint density at radius 2 is 1.82 bits per heavy atom. The molecule has 0 aliphatic carbocycles. The number of aliphatic hydroxyl groups is 1. The Morgan fingerprint density at radius 3 is 2.44 bits per heavy atom. The van der Waals surface area contributed by atoms with Gasteiger partial charge < -0.3 is 16.2 Å². The number of nitrogens with zero attached hydrogens (tertiary/aromatic N) is 1. The molecule has 1 heterocycles. The van der Waals surface area contributed by atoms with Gasteiger partial charge in [0.1, 0.15) is 0 Å². The molecule has 0 bridgehead atoms. The molecule has 1 saturated heterocycles. The second kappa shape index (κ2) is 11.9. The number of likely N-dealkylation sites (tertiary alicyclic amines) is 1. The van der Waals surface area contributed by atoms with Crippen molar-refractivity contribution in [3.05, 3.63) is 47.5 Å². The molecule has 4 N–H and O–H groups in total. The van der Waals surface area contributed by atoms with Gasteiger partial charge in [-0.05, 0) is 90.1 Å². The Balaban J connectivity index is 0.000000739. The van der Waals surface area contributed by atoms with Crippen molar-refractivity contribution in [3.8, 4) is 0 Å². The Kier molecular flexibility index (Phi) is 9.80. The summed E-state index contributed by atoms with van der Waals surface area (Å²) in [5, 5.41) is 15.7. The third-order valence-electron chi connectivity index (χ3n) is 5.54. The predicted octanol–water partition coefficient (Wildman–Crippen LogP) is 4.07. The van der Waals surface area contributed by atoms with Crippen molar-refractivity contribution in [1.29, 1.82) is 0 Å². The first-order valence-corrected chi connectivity index (χ1v) is 12.3. The highest BCUT2D eigenvalue weighted by Gasteiger charge is 2.33. The van der Waals surface area contributed by atoms with E-state index < -0.39 is 6.10 Å². The molecule has 1 aliphatic rings. The first-order valence-electron chi connectivity index (χ1n) is 12.3. The van der Waals surface area contributed by atoms with Crippen molar-refractivity contribution in [2.45, 2.75) is 90.4 Å². The summed E-state index contributed by atoms with van der Waals surface area (Å²) in [5.41, 5.74) is 6.76. The fourth-order valence-corrected chi connectivity index (χ4v) is 4.18. The van der Waals surface area contributed by atoms with Gasteiger partial charge in [0.25, 0.3) is 0 Å². The van der Waals surface area contributed by atoms with E-state index in [2.05, 4.69) is 10.2 Å². The summed E-state index contributed by atoms with van der Waals surface area (Å²) in [6.45, 7) is 13.1. The number of nitrogens with two attached hydrogens (primary N) is 1. The van der Waals surface area contributed by atoms with Gasteiger partial charge in [-0.3, -0.25) is 14.5 Å². The summed E-state index contributed by atoms with van der Waals surface area (Å²) in [4.78, 5) is 26.3. The van der Waals surface area contributed by atoms with Crippen LogP contribution < -0.4 is 11.1 Å². The summed E-state index contributed by atoms with van der Waals surface area (Å²) >= 11 is 0. The van der Waals surface area contributed by atoms with E-state index in [0.29, 0.717) is 24.9 Å². The van der Waals surface area contributed by atoms with Crippen molar-refractivity contribution < 1.29 is 14.7 Å². The molecular weight excluding hydrogens is 426 g/mol. The molecule has 2 unspecified atom stereocenters. The SMILES string of the molecule is CC(C)(C)N.CC(C)(C)NC(=O)C1CCCN1CC(O)CCc1ccc2ccccc2c1C=O. The quantitative estimate of drug-likeness (QED) is 0.531. The number of aldehydes is 1. The van der Waals surface area contributed by atoms with Gasteiger partial charge >= 0.3 is 0 Å². The molecule has 6 nitrogen and oxygen atoms in total. The molecule has 2 aromatic carbocycles. The smallest absolute Gasteiger partial charge is 0.237 e. The maximum atomic E-state index is 12.6. The van der Waals surface area contributed by atoms with E-state index in [1.54, 1.807) is 0 Å². The Morgan fingerprint density at radius 1 is 1.18 bits per heavy atom. The lowest BCUT2D eigenvalue weighted by Crippen LogP contribution is -2.51. The van der Waals surface area contributed by atoms with Gasteiger partial charge in [-0.2, -0.15) is 0 Å². The fourth-order valence-electron chi connectivity index (χ4n) is 4.18. The van der Waals surface area contributed by atoms with Crippen LogP contribution in [0.4, 0.5) is 0 Å². The third-order valence-corrected chi connectivity index (χ3v) is 5.54. The van der Waals surface area contributed by atoms with Gasteiger partial charge in [-0.1, -0.05) is 36.4 Å². The number of β-amino-alcohol motifs (C(OH)–C–C–N with tert-alkyl or cyclic N) is 1. The molecule has 0 radical (unpaired) electrons. The van der Waals surface area contributed by atoms with Crippen LogP contribution in [0.25, 0.3) is 10.8 Å². The zero-order valence-corrected chi connectivity index (χ0v) is 21.7. The number of carbonyl (C=O) groups is 2. The first kappa shape index (κ1) is 28.0. The summed E-state index contributed by atoms with van der Waals surface area (Å²) < 4.78 is 0. The van der Waals surface area contributed by atoms with E-state index in [9.17, 15) is 14.7 Å². The van der Waals surface area contributed by atoms with Crippen molar-refractivity contribution in [1.82, 2.24) is 10.2 Å². The molecule has 3 rings (SSSR count). The maximum Gasteiger partial charge on any atom is 0.237 e. The van der Waals surface area contributed by atoms with Crippen LogP contribution in [0.2, 0.25) is 0 Å². The van der Waals surface area contributed by atoms with Crippen LogP contribution in [-0.2, 0) is 11.2 Å². The summed E-state index contributed by atoms with van der Waals surface area (Å²) in [6.07, 6.45) is 3.36. The van der Waals surface area contributed by atoms with Gasteiger partial charge in [0.05, 0.1) is 12.1 Å². The minimum Gasteiger partial charge on any atom is -0.392 e. The normalized spacial score (nSPS) is 17.7. The Labute approximate surface area is 204 Å². The van der Waals surface area contributed by atoms with Crippen molar-refractivity contribution in [3.63, 3.8) is 0 Å². The number of aryl methyl sites for hydroxylation is 1. The molecule has 188 valence electrons. The van der Waals surface area contributed by atoms with E-state index in [-0.39, 0.29) is 23.0 Å². The average Bonchev–Trinajstić information content (AvgIpc) is 3.17. The van der Waals surface area contributed by atoms with E-state index in [1.807, 2.05) is 77.9 Å². The highest BCUT2D eigenvalue weighted by atomic mass is 16.3. The molecule has 34 heavy (non-hydrogen) atoms. The lowest BCUT2D eigenvalue weighted by molar-refractivity contribution is -0.127. The van der Waals surface area contributed by atoms with Crippen LogP contribution in [0, 0.1) is 0 Å². The summed E-state index contributed by atoms with van der Waals surface area (Å²) in [7, 11) is 0. The topological polar surface area (TPSA) is 95.7 Å². The Bertz CT molecular complexity index is 954. The molecule has 0 saturated carbocycles. The third kappa shape index (κ3) is 9.16. The van der Waals surface area contributed by atoms with Crippen LogP contribution in [-0.4, -0.2) is 58.5 Å². The molecule has 1 fully saturated rings. The van der Waals surface area contributed by atoms with Gasteiger partial charge in [0.2, 0.25) is 5.91 Å². The van der Waals surface area contributed by atoms with E-state index in [1.165, 1.54) is 0 Å². The van der Waals surface area contributed by atoms with Gasteiger partial charge in [-0.15, -0.1) is 0 Å². The minimum atomic E-state index is -0.538. The van der Waals surface area contributed by atoms with Gasteiger partial charge in [0.15, 0.2) is 6.29 Å². The van der Waals surface area contributed by atoms with Gasteiger partial charge in [-0.25, -0.2) is 0 Å². The van der Waals surface area contributed by atoms with Crippen LogP contribution in [0.5, 0.6) is 0 Å². The second-order valence-corrected chi connectivity index (χ2v) is 11.4. The molecule has 0 aromatic heterocycles. The zero-order valence-electron chi connectivity index (χ0n) is 21.7. The second-order valence-electron chi connectivity index (χ2n) is 11.4. The summed E-state index contributed by atoms with van der Waals surface area (Å²) in [5.74, 6) is 0.0416. The monoisotopic (exact) mass is 469 g/mol. The number of hydrogen-bond donors (Lipinski definition) is 3. The lowest BCUT2D eigenvalue weighted by atomic mass is 9.96. The fraction of sp³-hybridized carbons (Fsp3) is 0.571. The zero-order chi connectivity index (χ0) is 25.5. The molecule has 0 spiro atoms. The van der Waals surface area contributed by atoms with Crippen LogP contribution >= 0.6 is 0 Å². The largest absolute Gasteiger partial charge is 0.392 e. The molecule has 6 heteroatoms. The number of amides is 1. The summed E-state index contributed by atoms with van der Waals surface area (Å²) in [6, 6.07) is 11.7. The molecule has 2 aromatic rings. The van der Waals surface area contributed by atoms with E-state index in [4.69, 9.17) is 5.73 Å². The van der Waals surface area contributed by atoms with Gasteiger partial charge in [0, 0.05) is 23.2 Å². The highest BCUT2D eigenvalue weighted by molar-refractivity contribution is 5.99. The number of nitrogens with one attached hydrogen (secondary N) is 1. The Hall–Kier alpha value is -2.28. The minimum absolute atomic E-state index is 0. The van der Waals surface area contributed by atoms with Crippen LogP contribution in [0.1, 0.15) is 76.7 Å². The van der Waals surface area contributed by atoms with Crippen molar-refractivity contribution >= 4 is 23.0 Å². The molecule has 2 atom stereocenters. The van der Waals surface area contributed by atoms with E-state index >= 15 is 0 Å². The predicted molar refractivity (Wildman–Crippen MR) is 140 cm³/mol. The van der Waals surface area contributed by atoms with Crippen molar-refractivity contribution in [2.24, 2.45) is 5.73 Å². The number of carbonyl (C=O) groups excluding carboxylic acids is 2. The molecule has 1 amide bonds. The average molecular weight is 470 g/mol. The van der Waals surface area contributed by atoms with E-state index in [0.717, 1.165) is 42.0 Å². The highest BCUT2D eigenvalue weighted by Crippen LogP contribution is 2.23. The van der Waals surface area contributed by atoms with Crippen LogP contribution in [0.15, 0.2) is 36.4 Å². The van der Waals surface area contributed by atoms with Crippen LogP contribution in [0.3, 0.4) is 0 Å². The number of benzene rings is 2. The standard InChI is InChI=1S/C24H32N2O3.C4H11N/c1-24(2,3)25-23(29)22-9-6-14-26(22)15-19(28)13-12-18-11-10-17-7-4-5-8-20(17)21(18)16-27;1-4(2,3)5/h4-5,7-8,10-11,16,19,22,28H,6,9,12-15H2,1-3H3,(H,25,29);5H2,1-3H3. The number of rotatable bonds is 7. The number of hydrogen-bond acceptors (Lipinski definition) is 5.